The summed E-state index contributed by atoms with van der Waals surface area (Å²) in [6, 6.07) is 13.8. The quantitative estimate of drug-likeness (QED) is 0.536. The summed E-state index contributed by atoms with van der Waals surface area (Å²) >= 11 is 0. The van der Waals surface area contributed by atoms with Gasteiger partial charge in [0.05, 0.1) is 30.1 Å². The predicted molar refractivity (Wildman–Crippen MR) is 139 cm³/mol. The number of aliphatic hydroxyl groups excluding tert-OH is 1. The molecule has 0 saturated carbocycles. The van der Waals surface area contributed by atoms with Gasteiger partial charge in [-0.2, -0.15) is 0 Å². The van der Waals surface area contributed by atoms with Gasteiger partial charge < -0.3 is 25.4 Å². The molecule has 1 spiro atoms. The second-order valence-corrected chi connectivity index (χ2v) is 10.9. The number of nitrogens with zero attached hydrogens (tertiary/aromatic N) is 1. The third-order valence-corrected chi connectivity index (χ3v) is 8.56. The molecule has 196 valence electrons. The van der Waals surface area contributed by atoms with Gasteiger partial charge in [-0.05, 0) is 62.8 Å². The number of rotatable bonds is 7. The number of hydrogen-bond donors (Lipinski definition) is 3. The number of carbonyl (C=O) groups excluding carboxylic acids is 3. The minimum Gasteiger partial charge on any atom is -0.394 e. The molecule has 2 unspecified atom stereocenters. The highest BCUT2D eigenvalue weighted by Gasteiger charge is 2.78. The molecule has 3 amide bonds. The van der Waals surface area contributed by atoms with Gasteiger partial charge >= 0.3 is 0 Å². The Morgan fingerprint density at radius 3 is 2.54 bits per heavy atom. The number of fused-ring (bicyclic) bond motifs is 1. The van der Waals surface area contributed by atoms with Crippen LogP contribution in [0.2, 0.25) is 0 Å². The lowest BCUT2D eigenvalue weighted by atomic mass is 9.66. The van der Waals surface area contributed by atoms with Crippen molar-refractivity contribution in [1.82, 2.24) is 10.2 Å². The molecule has 5 rings (SSSR count). The fraction of sp³-hybridized carbons (Fsp3) is 0.483. The van der Waals surface area contributed by atoms with Crippen molar-refractivity contribution in [2.75, 3.05) is 19.0 Å². The maximum absolute atomic E-state index is 14.2. The molecule has 0 aliphatic carbocycles. The lowest BCUT2D eigenvalue weighted by molar-refractivity contribution is -0.147. The van der Waals surface area contributed by atoms with E-state index in [1.165, 1.54) is 4.90 Å². The number of nitrogens with one attached hydrogen (secondary N) is 2. The van der Waals surface area contributed by atoms with E-state index in [9.17, 15) is 19.5 Å². The molecule has 2 aromatic rings. The van der Waals surface area contributed by atoms with Crippen molar-refractivity contribution in [3.63, 3.8) is 0 Å². The minimum atomic E-state index is -1.14. The van der Waals surface area contributed by atoms with Crippen molar-refractivity contribution in [1.29, 1.82) is 0 Å². The zero-order chi connectivity index (χ0) is 26.5. The van der Waals surface area contributed by atoms with E-state index in [4.69, 9.17) is 4.74 Å². The summed E-state index contributed by atoms with van der Waals surface area (Å²) in [5, 5.41) is 16.2. The Morgan fingerprint density at radius 2 is 1.86 bits per heavy atom. The molecule has 3 aliphatic rings. The van der Waals surface area contributed by atoms with E-state index in [1.54, 1.807) is 7.05 Å². The number of benzene rings is 2. The number of aryl methyl sites for hydroxylation is 2. The highest BCUT2D eigenvalue weighted by atomic mass is 16.5. The SMILES string of the molecule is CNC(=O)[C@H]1[C@H]2C(=O)N([C@@H](CO)Cc3ccccc3)C(C(=O)Nc3cc(C)ccc3C)C23CC[C@]1(C)O3. The van der Waals surface area contributed by atoms with Crippen LogP contribution >= 0.6 is 0 Å². The van der Waals surface area contributed by atoms with E-state index < -0.39 is 35.1 Å². The van der Waals surface area contributed by atoms with Crippen LogP contribution in [0.5, 0.6) is 0 Å². The topological polar surface area (TPSA) is 108 Å². The second-order valence-electron chi connectivity index (χ2n) is 10.9. The van der Waals surface area contributed by atoms with Crippen molar-refractivity contribution in [2.24, 2.45) is 11.8 Å². The van der Waals surface area contributed by atoms with Gasteiger partial charge in [-0.15, -0.1) is 0 Å². The molecule has 3 N–H and O–H groups in total. The monoisotopic (exact) mass is 505 g/mol. The van der Waals surface area contributed by atoms with Crippen LogP contribution in [0.25, 0.3) is 0 Å². The van der Waals surface area contributed by atoms with Gasteiger partial charge in [0.2, 0.25) is 17.7 Å². The third-order valence-electron chi connectivity index (χ3n) is 8.56. The second kappa shape index (κ2) is 9.26. The van der Waals surface area contributed by atoms with Gasteiger partial charge in [0.1, 0.15) is 11.6 Å². The summed E-state index contributed by atoms with van der Waals surface area (Å²) in [4.78, 5) is 42.9. The predicted octanol–water partition coefficient (Wildman–Crippen LogP) is 2.36. The van der Waals surface area contributed by atoms with E-state index in [2.05, 4.69) is 10.6 Å². The van der Waals surface area contributed by atoms with Crippen LogP contribution in [0.3, 0.4) is 0 Å². The number of amides is 3. The van der Waals surface area contributed by atoms with Crippen LogP contribution in [0.4, 0.5) is 5.69 Å². The van der Waals surface area contributed by atoms with Crippen LogP contribution in [0.1, 0.15) is 36.5 Å². The summed E-state index contributed by atoms with van der Waals surface area (Å²) in [5.74, 6) is -2.45. The van der Waals surface area contributed by atoms with E-state index in [0.717, 1.165) is 16.7 Å². The molecule has 3 fully saturated rings. The highest BCUT2D eigenvalue weighted by Crippen LogP contribution is 2.63. The van der Waals surface area contributed by atoms with Crippen molar-refractivity contribution >= 4 is 23.4 Å². The van der Waals surface area contributed by atoms with Crippen LogP contribution in [0, 0.1) is 25.7 Å². The normalized spacial score (nSPS) is 30.8. The zero-order valence-electron chi connectivity index (χ0n) is 21.8. The molecule has 37 heavy (non-hydrogen) atoms. The first-order chi connectivity index (χ1) is 17.6. The summed E-state index contributed by atoms with van der Waals surface area (Å²) in [7, 11) is 1.55. The third kappa shape index (κ3) is 3.94. The molecule has 0 radical (unpaired) electrons. The fourth-order valence-electron chi connectivity index (χ4n) is 6.82. The summed E-state index contributed by atoms with van der Waals surface area (Å²) < 4.78 is 6.61. The Balaban J connectivity index is 1.59. The first-order valence-electron chi connectivity index (χ1n) is 12.9. The molecular formula is C29H35N3O5. The Bertz CT molecular complexity index is 1230. The van der Waals surface area contributed by atoms with Crippen molar-refractivity contribution in [3.8, 4) is 0 Å². The van der Waals surface area contributed by atoms with Crippen LogP contribution < -0.4 is 10.6 Å². The minimum absolute atomic E-state index is 0.262. The smallest absolute Gasteiger partial charge is 0.250 e. The van der Waals surface area contributed by atoms with Crippen LogP contribution in [0.15, 0.2) is 48.5 Å². The molecule has 6 atom stereocenters. The molecule has 3 aliphatic heterocycles. The Morgan fingerprint density at radius 1 is 1.14 bits per heavy atom. The molecule has 8 heteroatoms. The van der Waals surface area contributed by atoms with Gasteiger partial charge in [-0.25, -0.2) is 0 Å². The van der Waals surface area contributed by atoms with Crippen molar-refractivity contribution in [2.45, 2.75) is 63.3 Å². The molecular weight excluding hydrogens is 470 g/mol. The summed E-state index contributed by atoms with van der Waals surface area (Å²) in [5.41, 5.74) is 1.53. The lowest BCUT2D eigenvalue weighted by Crippen LogP contribution is -2.57. The van der Waals surface area contributed by atoms with E-state index >= 15 is 0 Å². The van der Waals surface area contributed by atoms with Gasteiger partial charge in [-0.3, -0.25) is 14.4 Å². The van der Waals surface area contributed by atoms with Crippen molar-refractivity contribution in [3.05, 3.63) is 65.2 Å². The lowest BCUT2D eigenvalue weighted by Gasteiger charge is -2.37. The van der Waals surface area contributed by atoms with Gasteiger partial charge in [0.15, 0.2) is 0 Å². The average molecular weight is 506 g/mol. The van der Waals surface area contributed by atoms with Crippen molar-refractivity contribution < 1.29 is 24.2 Å². The van der Waals surface area contributed by atoms with E-state index in [0.29, 0.717) is 24.9 Å². The van der Waals surface area contributed by atoms with Gasteiger partial charge in [-0.1, -0.05) is 42.5 Å². The zero-order valence-corrected chi connectivity index (χ0v) is 21.8. The standard InChI is InChI=1S/C29H35N3O5/c1-17-10-11-18(2)21(14-17)31-26(35)24-29-13-12-28(3,37-29)22(25(34)30-4)23(29)27(36)32(24)20(16-33)15-19-8-6-5-7-9-19/h5-11,14,20,22-24,33H,12-13,15-16H2,1-4H3,(H,30,34)(H,31,35)/t20-,22-,23+,24?,28+,29?/m1/s1. The molecule has 2 bridgehead atoms. The van der Waals surface area contributed by atoms with Gasteiger partial charge in [0, 0.05) is 12.7 Å². The Kier molecular flexibility index (Phi) is 6.36. The number of anilines is 1. The molecule has 3 saturated heterocycles. The Labute approximate surface area is 217 Å². The van der Waals surface area contributed by atoms with Crippen LogP contribution in [-0.2, 0) is 25.5 Å². The number of carbonyl (C=O) groups is 3. The summed E-state index contributed by atoms with van der Waals surface area (Å²) in [6.45, 7) is 5.41. The Hall–Kier alpha value is -3.23. The average Bonchev–Trinajstić information content (AvgIpc) is 3.45. The number of ether oxygens (including phenoxy) is 1. The maximum atomic E-state index is 14.2. The van der Waals surface area contributed by atoms with E-state index in [-0.39, 0.29) is 24.3 Å². The maximum Gasteiger partial charge on any atom is 0.250 e. The van der Waals surface area contributed by atoms with Crippen LogP contribution in [-0.4, -0.2) is 64.7 Å². The molecule has 3 heterocycles. The number of likely N-dealkylation sites (tertiary alicyclic amines) is 1. The molecule has 2 aromatic carbocycles. The molecule has 0 aromatic heterocycles. The highest BCUT2D eigenvalue weighted by molar-refractivity contribution is 6.04. The number of aliphatic hydroxyl groups is 1. The summed E-state index contributed by atoms with van der Waals surface area (Å²) in [6.07, 6.45) is 1.43. The first-order valence-corrected chi connectivity index (χ1v) is 12.9. The first kappa shape index (κ1) is 25.4. The fourth-order valence-corrected chi connectivity index (χ4v) is 6.82. The largest absolute Gasteiger partial charge is 0.394 e. The number of hydrogen-bond acceptors (Lipinski definition) is 5. The van der Waals surface area contributed by atoms with Gasteiger partial charge in [0.25, 0.3) is 0 Å². The molecule has 8 nitrogen and oxygen atoms in total. The van der Waals surface area contributed by atoms with E-state index in [1.807, 2.05) is 69.3 Å².